The Hall–Kier alpha value is -2.95. The van der Waals surface area contributed by atoms with Crippen molar-refractivity contribution in [1.82, 2.24) is 0 Å². The number of hydrogen-bond donors (Lipinski definition) is 3. The van der Waals surface area contributed by atoms with E-state index >= 15 is 0 Å². The van der Waals surface area contributed by atoms with Gasteiger partial charge < -0.3 is 15.6 Å². The van der Waals surface area contributed by atoms with E-state index in [0.29, 0.717) is 29.7 Å². The number of aromatic carboxylic acids is 2. The molecule has 0 aliphatic heterocycles. The highest BCUT2D eigenvalue weighted by molar-refractivity contribution is 5.90. The number of nitrogens with one attached hydrogen (secondary N) is 1. The Labute approximate surface area is 147 Å². The van der Waals surface area contributed by atoms with Crippen LogP contribution in [0.4, 0.5) is 0 Å². The fourth-order valence-corrected chi connectivity index (χ4v) is 2.11. The van der Waals surface area contributed by atoms with Crippen molar-refractivity contribution in [3.8, 4) is 0 Å². The zero-order valence-corrected chi connectivity index (χ0v) is 14.5. The fourth-order valence-electron chi connectivity index (χ4n) is 2.11. The monoisotopic (exact) mass is 341 g/mol. The van der Waals surface area contributed by atoms with E-state index in [1.165, 1.54) is 0 Å². The second-order valence-electron chi connectivity index (χ2n) is 5.59. The van der Waals surface area contributed by atoms with Crippen LogP contribution in [0.25, 0.3) is 0 Å². The van der Waals surface area contributed by atoms with Crippen molar-refractivity contribution in [2.24, 2.45) is 0 Å². The average molecular weight is 341 g/mol. The molecule has 5 nitrogen and oxygen atoms in total. The van der Waals surface area contributed by atoms with Crippen molar-refractivity contribution < 1.29 is 19.8 Å². The second kappa shape index (κ2) is 10.0. The Morgan fingerprint density at radius 1 is 0.960 bits per heavy atom. The Balaban J connectivity index is 0.000000271. The molecule has 25 heavy (non-hydrogen) atoms. The normalized spacial score (nSPS) is 9.68. The summed E-state index contributed by atoms with van der Waals surface area (Å²) in [6.45, 7) is 3.86. The molecule has 0 heterocycles. The van der Waals surface area contributed by atoms with E-state index in [4.69, 9.17) is 15.6 Å². The Bertz CT molecular complexity index is 736. The molecule has 0 radical (unpaired) electrons. The van der Waals surface area contributed by atoms with E-state index in [2.05, 4.69) is 0 Å². The van der Waals surface area contributed by atoms with Crippen LogP contribution in [0, 0.1) is 12.3 Å². The summed E-state index contributed by atoms with van der Waals surface area (Å²) in [6, 6.07) is 13.7. The van der Waals surface area contributed by atoms with Crippen LogP contribution in [-0.2, 0) is 6.42 Å². The van der Waals surface area contributed by atoms with Gasteiger partial charge in [0.25, 0.3) is 0 Å². The zero-order chi connectivity index (χ0) is 18.8. The summed E-state index contributed by atoms with van der Waals surface area (Å²) in [5.41, 5.74) is 3.23. The van der Waals surface area contributed by atoms with Crippen LogP contribution in [0.1, 0.15) is 51.6 Å². The van der Waals surface area contributed by atoms with Crippen LogP contribution in [0.15, 0.2) is 48.5 Å². The van der Waals surface area contributed by atoms with Gasteiger partial charge in [0.1, 0.15) is 0 Å². The Morgan fingerprint density at radius 3 is 2.08 bits per heavy atom. The van der Waals surface area contributed by atoms with Gasteiger partial charge in [-0.3, -0.25) is 0 Å². The van der Waals surface area contributed by atoms with Crippen molar-refractivity contribution in [3.05, 3.63) is 70.8 Å². The molecule has 0 bridgehead atoms. The summed E-state index contributed by atoms with van der Waals surface area (Å²) in [6.07, 6.45) is 2.01. The summed E-state index contributed by atoms with van der Waals surface area (Å²) in [5, 5.41) is 24.9. The SMILES string of the molecule is CCC(=N)CCc1ccccc1C(=O)O.Cc1ccc(C(=O)O)cc1. The molecule has 0 saturated carbocycles. The van der Waals surface area contributed by atoms with Gasteiger partial charge in [-0.2, -0.15) is 0 Å². The third-order valence-electron chi connectivity index (χ3n) is 3.67. The summed E-state index contributed by atoms with van der Waals surface area (Å²) in [7, 11) is 0. The number of aryl methyl sites for hydroxylation is 2. The van der Waals surface area contributed by atoms with Crippen LogP contribution in [0.2, 0.25) is 0 Å². The maximum Gasteiger partial charge on any atom is 0.335 e. The molecule has 0 aromatic heterocycles. The van der Waals surface area contributed by atoms with Crippen LogP contribution >= 0.6 is 0 Å². The maximum atomic E-state index is 10.9. The quantitative estimate of drug-likeness (QED) is 0.676. The molecule has 2 aromatic rings. The van der Waals surface area contributed by atoms with E-state index in [9.17, 15) is 9.59 Å². The second-order valence-corrected chi connectivity index (χ2v) is 5.59. The van der Waals surface area contributed by atoms with Gasteiger partial charge in [-0.1, -0.05) is 42.8 Å². The topological polar surface area (TPSA) is 98.5 Å². The minimum Gasteiger partial charge on any atom is -0.478 e. The lowest BCUT2D eigenvalue weighted by molar-refractivity contribution is 0.0685. The standard InChI is InChI=1S/C12H15NO2.C8H8O2/c1-2-10(13)8-7-9-5-3-4-6-11(9)12(14)15;1-6-2-4-7(5-3-6)8(9)10/h3-6,13H,2,7-8H2,1H3,(H,14,15);2-5H,1H3,(H,9,10). The number of carboxylic acid groups (broad SMARTS) is 2. The number of carbonyl (C=O) groups is 2. The van der Waals surface area contributed by atoms with E-state index in [1.54, 1.807) is 36.4 Å². The molecule has 0 unspecified atom stereocenters. The first-order valence-electron chi connectivity index (χ1n) is 8.02. The highest BCUT2D eigenvalue weighted by Crippen LogP contribution is 2.11. The van der Waals surface area contributed by atoms with Crippen molar-refractivity contribution in [2.75, 3.05) is 0 Å². The lowest BCUT2D eigenvalue weighted by atomic mass is 10.0. The van der Waals surface area contributed by atoms with E-state index in [0.717, 1.165) is 17.5 Å². The predicted octanol–water partition coefficient (Wildman–Crippen LogP) is 4.44. The first-order valence-corrected chi connectivity index (χ1v) is 8.02. The number of carboxylic acids is 2. The first kappa shape index (κ1) is 20.1. The molecule has 5 heteroatoms. The van der Waals surface area contributed by atoms with Gasteiger partial charge in [-0.15, -0.1) is 0 Å². The highest BCUT2D eigenvalue weighted by atomic mass is 16.4. The molecule has 2 rings (SSSR count). The first-order chi connectivity index (χ1) is 11.8. The molecule has 0 fully saturated rings. The maximum absolute atomic E-state index is 10.9. The summed E-state index contributed by atoms with van der Waals surface area (Å²) >= 11 is 0. The molecule has 3 N–H and O–H groups in total. The van der Waals surface area contributed by atoms with Crippen molar-refractivity contribution in [1.29, 1.82) is 5.41 Å². The van der Waals surface area contributed by atoms with E-state index in [-0.39, 0.29) is 0 Å². The fraction of sp³-hybridized carbons (Fsp3) is 0.250. The molecule has 132 valence electrons. The molecule has 0 atom stereocenters. The van der Waals surface area contributed by atoms with Gasteiger partial charge >= 0.3 is 11.9 Å². The van der Waals surface area contributed by atoms with Crippen molar-refractivity contribution >= 4 is 17.7 Å². The molecule has 0 spiro atoms. The minimum atomic E-state index is -0.895. The minimum absolute atomic E-state index is 0.339. The third-order valence-corrected chi connectivity index (χ3v) is 3.67. The zero-order valence-electron chi connectivity index (χ0n) is 14.5. The van der Waals surface area contributed by atoms with Gasteiger partial charge in [-0.25, -0.2) is 9.59 Å². The van der Waals surface area contributed by atoms with Crippen molar-refractivity contribution in [3.63, 3.8) is 0 Å². The van der Waals surface area contributed by atoms with Gasteiger partial charge in [0.2, 0.25) is 0 Å². The van der Waals surface area contributed by atoms with Gasteiger partial charge in [0.05, 0.1) is 11.1 Å². The van der Waals surface area contributed by atoms with Crippen LogP contribution in [0.5, 0.6) is 0 Å². The third kappa shape index (κ3) is 6.99. The average Bonchev–Trinajstić information content (AvgIpc) is 2.60. The number of hydrogen-bond acceptors (Lipinski definition) is 3. The largest absolute Gasteiger partial charge is 0.478 e. The highest BCUT2D eigenvalue weighted by Gasteiger charge is 2.08. The molecule has 0 saturated heterocycles. The summed E-state index contributed by atoms with van der Waals surface area (Å²) in [5.74, 6) is -1.77. The van der Waals surface area contributed by atoms with Crippen molar-refractivity contribution in [2.45, 2.75) is 33.1 Å². The molecule has 0 amide bonds. The molecular formula is C20H23NO4. The van der Waals surface area contributed by atoms with E-state index in [1.807, 2.05) is 26.0 Å². The predicted molar refractivity (Wildman–Crippen MR) is 97.9 cm³/mol. The van der Waals surface area contributed by atoms with Crippen LogP contribution in [0.3, 0.4) is 0 Å². The molecule has 0 aliphatic carbocycles. The molecule has 2 aromatic carbocycles. The molecular weight excluding hydrogens is 318 g/mol. The smallest absolute Gasteiger partial charge is 0.335 e. The summed E-state index contributed by atoms with van der Waals surface area (Å²) < 4.78 is 0. The Kier molecular flexibility index (Phi) is 8.06. The van der Waals surface area contributed by atoms with Gasteiger partial charge in [0.15, 0.2) is 0 Å². The lowest BCUT2D eigenvalue weighted by Gasteiger charge is -2.05. The summed E-state index contributed by atoms with van der Waals surface area (Å²) in [4.78, 5) is 21.2. The number of benzene rings is 2. The molecule has 0 aliphatic rings. The number of rotatable bonds is 6. The Morgan fingerprint density at radius 2 is 1.56 bits per heavy atom. The van der Waals surface area contributed by atoms with Crippen LogP contribution < -0.4 is 0 Å². The van der Waals surface area contributed by atoms with Crippen LogP contribution in [-0.4, -0.2) is 27.9 Å². The van der Waals surface area contributed by atoms with Gasteiger partial charge in [-0.05, 0) is 49.9 Å². The lowest BCUT2D eigenvalue weighted by Crippen LogP contribution is -2.04. The van der Waals surface area contributed by atoms with Gasteiger partial charge in [0, 0.05) is 5.71 Å². The van der Waals surface area contributed by atoms with E-state index < -0.39 is 11.9 Å².